The van der Waals surface area contributed by atoms with Crippen molar-refractivity contribution in [1.82, 2.24) is 10.6 Å². The molecule has 0 radical (unpaired) electrons. The Labute approximate surface area is 143 Å². The fraction of sp³-hybridized carbons (Fsp3) is 0.579. The molecule has 2 aliphatic carbocycles. The van der Waals surface area contributed by atoms with Crippen LogP contribution in [-0.2, 0) is 4.79 Å². The van der Waals surface area contributed by atoms with Crippen LogP contribution < -0.4 is 10.6 Å². The predicted molar refractivity (Wildman–Crippen MR) is 95.3 cm³/mol. The van der Waals surface area contributed by atoms with E-state index in [0.29, 0.717) is 22.9 Å². The molecule has 24 heavy (non-hydrogen) atoms. The second-order valence-electron chi connectivity index (χ2n) is 7.59. The Hall–Kier alpha value is -1.88. The first-order valence-corrected chi connectivity index (χ1v) is 8.73. The molecule has 0 spiro atoms. The minimum Gasteiger partial charge on any atom is -0.388 e. The number of aliphatic imine (C=N–C) groups is 1. The molecule has 2 saturated carbocycles. The van der Waals surface area contributed by atoms with Gasteiger partial charge in [0.2, 0.25) is 0 Å². The lowest BCUT2D eigenvalue weighted by Crippen LogP contribution is -2.66. The van der Waals surface area contributed by atoms with E-state index in [1.807, 2.05) is 6.92 Å². The van der Waals surface area contributed by atoms with E-state index in [9.17, 15) is 9.90 Å². The largest absolute Gasteiger partial charge is 0.388 e. The third-order valence-corrected chi connectivity index (χ3v) is 5.48. The number of carbonyl (C=O) groups excluding carboxylic acids is 1. The molecular weight excluding hydrogens is 302 g/mol. The number of amides is 1. The Morgan fingerprint density at radius 1 is 1.46 bits per heavy atom. The van der Waals surface area contributed by atoms with Gasteiger partial charge in [0.25, 0.3) is 5.91 Å². The number of hydrogen-bond acceptors (Lipinski definition) is 4. The summed E-state index contributed by atoms with van der Waals surface area (Å²) >= 11 is 0. The topological polar surface area (TPSA) is 73.7 Å². The van der Waals surface area contributed by atoms with Crippen LogP contribution in [0.2, 0.25) is 0 Å². The summed E-state index contributed by atoms with van der Waals surface area (Å²) in [4.78, 5) is 17.1. The molecule has 5 heteroatoms. The highest BCUT2D eigenvalue weighted by Crippen LogP contribution is 2.41. The van der Waals surface area contributed by atoms with Gasteiger partial charge in [-0.05, 0) is 58.8 Å². The molecule has 2 fully saturated rings. The van der Waals surface area contributed by atoms with Gasteiger partial charge < -0.3 is 15.7 Å². The first kappa shape index (κ1) is 17.0. The normalized spacial score (nSPS) is 23.3. The number of aliphatic hydroxyl groups is 1. The maximum atomic E-state index is 12.8. The van der Waals surface area contributed by atoms with Gasteiger partial charge in [0.15, 0.2) is 0 Å². The van der Waals surface area contributed by atoms with Crippen LogP contribution >= 0.6 is 0 Å². The molecule has 0 aromatic rings. The van der Waals surface area contributed by atoms with E-state index >= 15 is 0 Å². The number of allylic oxidation sites excluding steroid dienone is 2. The van der Waals surface area contributed by atoms with Crippen molar-refractivity contribution < 1.29 is 9.90 Å². The molecule has 1 aliphatic heterocycles. The summed E-state index contributed by atoms with van der Waals surface area (Å²) in [6, 6.07) is 0. The van der Waals surface area contributed by atoms with Crippen LogP contribution in [0.25, 0.3) is 0 Å². The summed E-state index contributed by atoms with van der Waals surface area (Å²) < 4.78 is 0. The quantitative estimate of drug-likeness (QED) is 0.701. The minimum absolute atomic E-state index is 0.201. The third-order valence-electron chi connectivity index (χ3n) is 5.48. The monoisotopic (exact) mass is 329 g/mol. The maximum Gasteiger partial charge on any atom is 0.255 e. The van der Waals surface area contributed by atoms with E-state index in [1.165, 1.54) is 12.8 Å². The number of nitrogens with one attached hydrogen (secondary N) is 2. The highest BCUT2D eigenvalue weighted by atomic mass is 16.3. The Morgan fingerprint density at radius 2 is 2.12 bits per heavy atom. The molecule has 0 saturated heterocycles. The molecule has 0 bridgehead atoms. The second-order valence-corrected chi connectivity index (χ2v) is 7.59. The number of carbonyl (C=O) groups is 1. The van der Waals surface area contributed by atoms with E-state index in [1.54, 1.807) is 20.1 Å². The highest BCUT2D eigenvalue weighted by Gasteiger charge is 2.50. The van der Waals surface area contributed by atoms with E-state index in [4.69, 9.17) is 0 Å². The zero-order chi connectivity index (χ0) is 17.5. The van der Waals surface area contributed by atoms with Crippen molar-refractivity contribution in [2.24, 2.45) is 10.9 Å². The maximum absolute atomic E-state index is 12.8. The Kier molecular flexibility index (Phi) is 4.16. The summed E-state index contributed by atoms with van der Waals surface area (Å²) in [5.74, 6) is 0.350. The highest BCUT2D eigenvalue weighted by molar-refractivity contribution is 6.15. The van der Waals surface area contributed by atoms with E-state index in [2.05, 4.69) is 28.3 Å². The fourth-order valence-electron chi connectivity index (χ4n) is 3.39. The third kappa shape index (κ3) is 2.93. The fourth-order valence-corrected chi connectivity index (χ4v) is 3.39. The summed E-state index contributed by atoms with van der Waals surface area (Å²) in [6.45, 7) is 9.45. The van der Waals surface area contributed by atoms with Crippen LogP contribution in [0.5, 0.6) is 0 Å². The molecule has 0 aromatic heterocycles. The van der Waals surface area contributed by atoms with Gasteiger partial charge in [-0.3, -0.25) is 9.79 Å². The van der Waals surface area contributed by atoms with E-state index in [0.717, 1.165) is 25.0 Å². The first-order chi connectivity index (χ1) is 11.3. The van der Waals surface area contributed by atoms with Gasteiger partial charge in [0.1, 0.15) is 0 Å². The van der Waals surface area contributed by atoms with Crippen LogP contribution in [0.15, 0.2) is 40.3 Å². The van der Waals surface area contributed by atoms with Crippen molar-refractivity contribution in [3.8, 4) is 0 Å². The SMILES string of the molecule is C=C1N=CC(C(=O)NC2(C(C)(C)O)CCC2)=C1N/C(=C\C)C1CC1. The van der Waals surface area contributed by atoms with Crippen molar-refractivity contribution in [3.05, 3.63) is 35.3 Å². The summed E-state index contributed by atoms with van der Waals surface area (Å²) in [6.07, 6.45) is 8.57. The Balaban J connectivity index is 1.81. The van der Waals surface area contributed by atoms with Gasteiger partial charge in [-0.1, -0.05) is 12.7 Å². The van der Waals surface area contributed by atoms with Gasteiger partial charge in [-0.15, -0.1) is 0 Å². The molecule has 3 aliphatic rings. The molecule has 1 amide bonds. The Morgan fingerprint density at radius 3 is 2.58 bits per heavy atom. The van der Waals surface area contributed by atoms with Crippen LogP contribution in [0.1, 0.15) is 52.9 Å². The second kappa shape index (κ2) is 5.88. The van der Waals surface area contributed by atoms with Gasteiger partial charge in [-0.2, -0.15) is 0 Å². The molecule has 3 rings (SSSR count). The van der Waals surface area contributed by atoms with Crippen LogP contribution in [0, 0.1) is 5.92 Å². The summed E-state index contributed by atoms with van der Waals surface area (Å²) in [5, 5.41) is 16.9. The molecule has 0 unspecified atom stereocenters. The van der Waals surface area contributed by atoms with Crippen molar-refractivity contribution >= 4 is 12.1 Å². The Bertz CT molecular complexity index is 657. The molecule has 0 aromatic carbocycles. The van der Waals surface area contributed by atoms with Gasteiger partial charge in [-0.25, -0.2) is 0 Å². The van der Waals surface area contributed by atoms with E-state index < -0.39 is 11.1 Å². The molecule has 130 valence electrons. The smallest absolute Gasteiger partial charge is 0.255 e. The van der Waals surface area contributed by atoms with Crippen LogP contribution in [0.3, 0.4) is 0 Å². The zero-order valence-corrected chi connectivity index (χ0v) is 14.8. The van der Waals surface area contributed by atoms with Crippen molar-refractivity contribution in [2.45, 2.75) is 64.0 Å². The molecule has 3 N–H and O–H groups in total. The molecule has 1 heterocycles. The summed E-state index contributed by atoms with van der Waals surface area (Å²) in [5.41, 5.74) is 1.37. The van der Waals surface area contributed by atoms with Gasteiger partial charge in [0.05, 0.1) is 28.1 Å². The minimum atomic E-state index is -0.954. The van der Waals surface area contributed by atoms with Crippen molar-refractivity contribution in [2.75, 3.05) is 0 Å². The lowest BCUT2D eigenvalue weighted by atomic mass is 9.66. The number of nitrogens with zero attached hydrogens (tertiary/aromatic N) is 1. The lowest BCUT2D eigenvalue weighted by molar-refractivity contribution is -0.127. The van der Waals surface area contributed by atoms with E-state index in [-0.39, 0.29) is 5.91 Å². The average molecular weight is 329 g/mol. The van der Waals surface area contributed by atoms with Crippen molar-refractivity contribution in [3.63, 3.8) is 0 Å². The van der Waals surface area contributed by atoms with Crippen molar-refractivity contribution in [1.29, 1.82) is 0 Å². The number of hydrogen-bond donors (Lipinski definition) is 3. The lowest BCUT2D eigenvalue weighted by Gasteiger charge is -2.50. The average Bonchev–Trinajstić information content (AvgIpc) is 3.23. The number of rotatable bonds is 6. The molecule has 0 atom stereocenters. The standard InChI is InChI=1S/C19H27N3O2/c1-5-15(13-7-8-13)21-16-12(2)20-11-14(16)17(23)22-19(9-6-10-19)18(3,4)24/h5,11,13,21,24H,2,6-10H2,1,3-4H3,(H,22,23)/b15-5-. The molecular formula is C19H27N3O2. The van der Waals surface area contributed by atoms with Crippen LogP contribution in [0.4, 0.5) is 0 Å². The molecule has 5 nitrogen and oxygen atoms in total. The van der Waals surface area contributed by atoms with Gasteiger partial charge >= 0.3 is 0 Å². The summed E-state index contributed by atoms with van der Waals surface area (Å²) in [7, 11) is 0. The van der Waals surface area contributed by atoms with Crippen LogP contribution in [-0.4, -0.2) is 28.4 Å². The van der Waals surface area contributed by atoms with Gasteiger partial charge in [0, 0.05) is 11.9 Å². The predicted octanol–water partition coefficient (Wildman–Crippen LogP) is 2.55. The first-order valence-electron chi connectivity index (χ1n) is 8.73. The zero-order valence-electron chi connectivity index (χ0n) is 14.8.